The number of phenolic OH excluding ortho intramolecular Hbond substituents is 1. The number of carbonyl (C=O) groups excluding carboxylic acids is 2. The van der Waals surface area contributed by atoms with Gasteiger partial charge >= 0.3 is 0 Å². The lowest BCUT2D eigenvalue weighted by molar-refractivity contribution is -0.122. The highest BCUT2D eigenvalue weighted by Crippen LogP contribution is 2.26. The Labute approximate surface area is 181 Å². The third kappa shape index (κ3) is 9.37. The van der Waals surface area contributed by atoms with Gasteiger partial charge in [0.2, 0.25) is 5.91 Å². The molecule has 0 bridgehead atoms. The van der Waals surface area contributed by atoms with E-state index >= 15 is 0 Å². The number of benzene rings is 2. The number of hydrogen-bond acceptors (Lipinski definition) is 7. The van der Waals surface area contributed by atoms with Gasteiger partial charge in [-0.2, -0.15) is 0 Å². The van der Waals surface area contributed by atoms with Crippen LogP contribution in [0.4, 0.5) is 0 Å². The molecule has 0 aromatic heterocycles. The van der Waals surface area contributed by atoms with Gasteiger partial charge in [0.1, 0.15) is 18.5 Å². The number of para-hydroxylation sites is 2. The summed E-state index contributed by atoms with van der Waals surface area (Å²) in [5, 5.41) is 27.6. The minimum Gasteiger partial charge on any atom is -0.508 e. The Morgan fingerprint density at radius 3 is 2.32 bits per heavy atom. The molecular formula is C22H29N3O6. The van der Waals surface area contributed by atoms with E-state index in [1.165, 1.54) is 7.05 Å². The van der Waals surface area contributed by atoms with Gasteiger partial charge in [-0.3, -0.25) is 9.59 Å². The molecule has 9 heteroatoms. The first-order valence-electron chi connectivity index (χ1n) is 9.96. The van der Waals surface area contributed by atoms with Crippen molar-refractivity contribution in [2.45, 2.75) is 12.5 Å². The molecule has 31 heavy (non-hydrogen) atoms. The number of nitrogens with one attached hydrogen (secondary N) is 3. The maximum atomic E-state index is 11.9. The number of aromatic hydroxyl groups is 1. The van der Waals surface area contributed by atoms with Crippen LogP contribution in [0.1, 0.15) is 5.56 Å². The summed E-state index contributed by atoms with van der Waals surface area (Å²) in [5.41, 5.74) is 0.815. The summed E-state index contributed by atoms with van der Waals surface area (Å²) >= 11 is 0. The molecule has 2 aromatic carbocycles. The predicted octanol–water partition coefficient (Wildman–Crippen LogP) is 0.205. The van der Waals surface area contributed by atoms with Crippen molar-refractivity contribution in [1.82, 2.24) is 16.0 Å². The predicted molar refractivity (Wildman–Crippen MR) is 115 cm³/mol. The highest BCUT2D eigenvalue weighted by molar-refractivity contribution is 5.78. The van der Waals surface area contributed by atoms with E-state index in [0.717, 1.165) is 5.56 Å². The zero-order chi connectivity index (χ0) is 22.5. The SMILES string of the molecule is CNC(=O)COc1ccccc1OCC(O)CNCCNC(=O)Cc1ccc(O)cc1. The molecule has 0 aliphatic carbocycles. The summed E-state index contributed by atoms with van der Waals surface area (Å²) in [6.07, 6.45) is -0.530. The molecular weight excluding hydrogens is 402 g/mol. The van der Waals surface area contributed by atoms with Crippen molar-refractivity contribution in [3.05, 3.63) is 54.1 Å². The molecule has 0 saturated heterocycles. The number of amides is 2. The Balaban J connectivity index is 1.61. The van der Waals surface area contributed by atoms with Gasteiger partial charge in [0, 0.05) is 26.7 Å². The van der Waals surface area contributed by atoms with Crippen molar-refractivity contribution in [3.8, 4) is 17.2 Å². The molecule has 0 heterocycles. The van der Waals surface area contributed by atoms with E-state index in [9.17, 15) is 19.8 Å². The number of rotatable bonds is 13. The van der Waals surface area contributed by atoms with E-state index in [1.54, 1.807) is 48.5 Å². The molecule has 1 unspecified atom stereocenters. The molecule has 0 saturated carbocycles. The van der Waals surface area contributed by atoms with Gasteiger partial charge in [0.25, 0.3) is 5.91 Å². The van der Waals surface area contributed by atoms with Crippen LogP contribution in [0.5, 0.6) is 17.2 Å². The number of phenols is 1. The number of carbonyl (C=O) groups is 2. The van der Waals surface area contributed by atoms with Crippen LogP contribution in [-0.4, -0.2) is 68.0 Å². The zero-order valence-corrected chi connectivity index (χ0v) is 17.5. The maximum Gasteiger partial charge on any atom is 0.257 e. The summed E-state index contributed by atoms with van der Waals surface area (Å²) in [7, 11) is 1.53. The molecule has 0 spiro atoms. The fraction of sp³-hybridized carbons (Fsp3) is 0.364. The number of hydrogen-bond donors (Lipinski definition) is 5. The monoisotopic (exact) mass is 431 g/mol. The van der Waals surface area contributed by atoms with Crippen molar-refractivity contribution in [2.24, 2.45) is 0 Å². The fourth-order valence-electron chi connectivity index (χ4n) is 2.57. The van der Waals surface area contributed by atoms with Crippen LogP contribution in [-0.2, 0) is 16.0 Å². The van der Waals surface area contributed by atoms with Crippen molar-refractivity contribution in [1.29, 1.82) is 0 Å². The van der Waals surface area contributed by atoms with Gasteiger partial charge in [-0.15, -0.1) is 0 Å². The molecule has 0 aliphatic heterocycles. The van der Waals surface area contributed by atoms with Gasteiger partial charge < -0.3 is 35.6 Å². The van der Waals surface area contributed by atoms with Crippen molar-refractivity contribution in [2.75, 3.05) is 39.9 Å². The summed E-state index contributed by atoms with van der Waals surface area (Å²) < 4.78 is 11.0. The lowest BCUT2D eigenvalue weighted by Crippen LogP contribution is -2.37. The average Bonchev–Trinajstić information content (AvgIpc) is 2.77. The topological polar surface area (TPSA) is 129 Å². The lowest BCUT2D eigenvalue weighted by Gasteiger charge is -2.16. The Bertz CT molecular complexity index is 828. The summed E-state index contributed by atoms with van der Waals surface area (Å²) in [6.45, 7) is 1.11. The molecule has 1 atom stereocenters. The first-order valence-corrected chi connectivity index (χ1v) is 9.96. The first kappa shape index (κ1) is 24.0. The van der Waals surface area contributed by atoms with E-state index in [0.29, 0.717) is 24.6 Å². The highest BCUT2D eigenvalue weighted by Gasteiger charge is 2.10. The third-order valence-corrected chi connectivity index (χ3v) is 4.22. The number of aliphatic hydroxyl groups excluding tert-OH is 1. The first-order chi connectivity index (χ1) is 15.0. The van der Waals surface area contributed by atoms with Crippen LogP contribution in [0.25, 0.3) is 0 Å². The zero-order valence-electron chi connectivity index (χ0n) is 17.5. The van der Waals surface area contributed by atoms with Crippen LogP contribution in [0.2, 0.25) is 0 Å². The van der Waals surface area contributed by atoms with Crippen LogP contribution >= 0.6 is 0 Å². The average molecular weight is 431 g/mol. The normalized spacial score (nSPS) is 11.4. The second kappa shape index (κ2) is 13.1. The molecule has 0 aliphatic rings. The van der Waals surface area contributed by atoms with E-state index in [1.807, 2.05) is 0 Å². The van der Waals surface area contributed by atoms with Crippen molar-refractivity contribution < 1.29 is 29.3 Å². The summed E-state index contributed by atoms with van der Waals surface area (Å²) in [4.78, 5) is 23.2. The molecule has 9 nitrogen and oxygen atoms in total. The van der Waals surface area contributed by atoms with Crippen LogP contribution in [0.15, 0.2) is 48.5 Å². The molecule has 5 N–H and O–H groups in total. The van der Waals surface area contributed by atoms with Crippen LogP contribution in [0.3, 0.4) is 0 Å². The lowest BCUT2D eigenvalue weighted by atomic mass is 10.1. The largest absolute Gasteiger partial charge is 0.508 e. The van der Waals surface area contributed by atoms with Gasteiger partial charge in [-0.25, -0.2) is 0 Å². The second-order valence-corrected chi connectivity index (χ2v) is 6.77. The standard InChI is InChI=1S/C22H29N3O6/c1-23-22(29)15-31-20-5-3-2-4-19(20)30-14-18(27)13-24-10-11-25-21(28)12-16-6-8-17(26)9-7-16/h2-9,18,24,26-27H,10-15H2,1H3,(H,23,29)(H,25,28). The molecule has 2 amide bonds. The molecule has 0 radical (unpaired) electrons. The van der Waals surface area contributed by atoms with Crippen LogP contribution < -0.4 is 25.4 Å². The van der Waals surface area contributed by atoms with E-state index < -0.39 is 6.10 Å². The summed E-state index contributed by atoms with van der Waals surface area (Å²) in [5.74, 6) is 0.643. The van der Waals surface area contributed by atoms with E-state index in [-0.39, 0.29) is 43.7 Å². The quantitative estimate of drug-likeness (QED) is 0.287. The maximum absolute atomic E-state index is 11.9. The number of likely N-dealkylation sites (N-methyl/N-ethyl adjacent to an activating group) is 1. The van der Waals surface area contributed by atoms with Gasteiger partial charge in [0.05, 0.1) is 6.42 Å². The van der Waals surface area contributed by atoms with Gasteiger partial charge in [0.15, 0.2) is 18.1 Å². The Hall–Kier alpha value is -3.30. The second-order valence-electron chi connectivity index (χ2n) is 6.77. The minimum atomic E-state index is -0.764. The van der Waals surface area contributed by atoms with Crippen LogP contribution in [0, 0.1) is 0 Å². The molecule has 168 valence electrons. The van der Waals surface area contributed by atoms with Crippen molar-refractivity contribution in [3.63, 3.8) is 0 Å². The molecule has 0 fully saturated rings. The Morgan fingerprint density at radius 1 is 0.968 bits per heavy atom. The minimum absolute atomic E-state index is 0.0422. The molecule has 2 aromatic rings. The summed E-state index contributed by atoms with van der Waals surface area (Å²) in [6, 6.07) is 13.4. The Kier molecular flexibility index (Phi) is 10.1. The Morgan fingerprint density at radius 2 is 1.65 bits per heavy atom. The van der Waals surface area contributed by atoms with E-state index in [2.05, 4.69) is 16.0 Å². The third-order valence-electron chi connectivity index (χ3n) is 4.22. The number of aliphatic hydroxyl groups is 1. The van der Waals surface area contributed by atoms with E-state index in [4.69, 9.17) is 9.47 Å². The van der Waals surface area contributed by atoms with Crippen molar-refractivity contribution >= 4 is 11.8 Å². The fourth-order valence-corrected chi connectivity index (χ4v) is 2.57. The smallest absolute Gasteiger partial charge is 0.257 e. The van der Waals surface area contributed by atoms with Gasteiger partial charge in [-0.1, -0.05) is 24.3 Å². The number of ether oxygens (including phenoxy) is 2. The van der Waals surface area contributed by atoms with Gasteiger partial charge in [-0.05, 0) is 29.8 Å². The highest BCUT2D eigenvalue weighted by atomic mass is 16.5. The molecule has 2 rings (SSSR count).